The number of benzene rings is 2. The van der Waals surface area contributed by atoms with Crippen LogP contribution in [0.25, 0.3) is 0 Å². The minimum Gasteiger partial charge on any atom is -0.322 e. The van der Waals surface area contributed by atoms with Crippen molar-refractivity contribution < 1.29 is 8.42 Å². The van der Waals surface area contributed by atoms with Gasteiger partial charge in [0.2, 0.25) is 10.0 Å². The van der Waals surface area contributed by atoms with Gasteiger partial charge in [-0.1, -0.05) is 67.6 Å². The van der Waals surface area contributed by atoms with Crippen molar-refractivity contribution in [3.8, 4) is 0 Å². The highest BCUT2D eigenvalue weighted by atomic mass is 32.2. The first-order valence-electron chi connectivity index (χ1n) is 9.34. The van der Waals surface area contributed by atoms with Gasteiger partial charge in [-0.15, -0.1) is 0 Å². The van der Waals surface area contributed by atoms with Gasteiger partial charge in [-0.3, -0.25) is 0 Å². The Balaban J connectivity index is 1.86. The van der Waals surface area contributed by atoms with Crippen LogP contribution in [0.2, 0.25) is 0 Å². The monoisotopic (exact) mass is 372 g/mol. The second-order valence-electron chi connectivity index (χ2n) is 7.37. The Kier molecular flexibility index (Phi) is 6.12. The van der Waals surface area contributed by atoms with Crippen molar-refractivity contribution in [2.45, 2.75) is 49.9 Å². The highest BCUT2D eigenvalue weighted by Crippen LogP contribution is 2.32. The molecule has 1 saturated carbocycles. The van der Waals surface area contributed by atoms with Crippen LogP contribution in [0.4, 0.5) is 0 Å². The number of nitrogens with one attached hydrogen (secondary N) is 1. The SMILES string of the molecule is CC1CCC(S(=O)(=O)N[C@@H](c2ccccc2)[C@@H](N)c2ccccc2)CC1. The van der Waals surface area contributed by atoms with Crippen LogP contribution in [-0.2, 0) is 10.0 Å². The van der Waals surface area contributed by atoms with E-state index in [0.29, 0.717) is 5.92 Å². The Morgan fingerprint density at radius 2 is 1.38 bits per heavy atom. The Labute approximate surface area is 156 Å². The average Bonchev–Trinajstić information content (AvgIpc) is 2.67. The summed E-state index contributed by atoms with van der Waals surface area (Å²) in [6.07, 6.45) is 3.37. The number of rotatable bonds is 6. The van der Waals surface area contributed by atoms with E-state index >= 15 is 0 Å². The number of hydrogen-bond acceptors (Lipinski definition) is 3. The molecule has 0 spiro atoms. The zero-order chi connectivity index (χ0) is 18.6. The lowest BCUT2D eigenvalue weighted by atomic mass is 9.91. The zero-order valence-electron chi connectivity index (χ0n) is 15.2. The van der Waals surface area contributed by atoms with Crippen molar-refractivity contribution in [2.75, 3.05) is 0 Å². The molecule has 2 aromatic carbocycles. The molecule has 3 N–H and O–H groups in total. The van der Waals surface area contributed by atoms with Crippen LogP contribution in [-0.4, -0.2) is 13.7 Å². The molecular formula is C21H28N2O2S. The molecule has 0 aromatic heterocycles. The lowest BCUT2D eigenvalue weighted by Gasteiger charge is -2.31. The van der Waals surface area contributed by atoms with Gasteiger partial charge in [0, 0.05) is 0 Å². The normalized spacial score (nSPS) is 23.3. The van der Waals surface area contributed by atoms with E-state index in [9.17, 15) is 8.42 Å². The summed E-state index contributed by atoms with van der Waals surface area (Å²) in [5.74, 6) is 0.609. The largest absolute Gasteiger partial charge is 0.322 e. The molecule has 1 aliphatic carbocycles. The Hall–Kier alpha value is -1.69. The van der Waals surface area contributed by atoms with Crippen LogP contribution in [0.5, 0.6) is 0 Å². The van der Waals surface area contributed by atoms with E-state index in [0.717, 1.165) is 36.8 Å². The Morgan fingerprint density at radius 1 is 0.885 bits per heavy atom. The van der Waals surface area contributed by atoms with Crippen LogP contribution in [0.15, 0.2) is 60.7 Å². The first kappa shape index (κ1) is 19.1. The molecule has 0 amide bonds. The standard InChI is InChI=1S/C21H28N2O2S/c1-16-12-14-19(15-13-16)26(24,25)23-21(18-10-6-3-7-11-18)20(22)17-8-4-2-5-9-17/h2-11,16,19-21,23H,12-15,22H2,1H3/t16?,19?,20-,21-/m0/s1. The maximum Gasteiger partial charge on any atom is 0.215 e. The van der Waals surface area contributed by atoms with Gasteiger partial charge in [-0.05, 0) is 42.7 Å². The first-order valence-corrected chi connectivity index (χ1v) is 10.9. The van der Waals surface area contributed by atoms with Crippen LogP contribution in [0.1, 0.15) is 55.8 Å². The summed E-state index contributed by atoms with van der Waals surface area (Å²) in [6, 6.07) is 18.3. The third-order valence-corrected chi connectivity index (χ3v) is 7.33. The van der Waals surface area contributed by atoms with E-state index < -0.39 is 22.1 Å². The fourth-order valence-electron chi connectivity index (χ4n) is 3.69. The van der Waals surface area contributed by atoms with E-state index in [-0.39, 0.29) is 5.25 Å². The van der Waals surface area contributed by atoms with E-state index in [1.54, 1.807) is 0 Å². The Bertz CT molecular complexity index is 785. The Morgan fingerprint density at radius 3 is 1.92 bits per heavy atom. The zero-order valence-corrected chi connectivity index (χ0v) is 16.0. The summed E-state index contributed by atoms with van der Waals surface area (Å²) in [4.78, 5) is 0. The fourth-order valence-corrected chi connectivity index (χ4v) is 5.41. The third kappa shape index (κ3) is 4.53. The third-order valence-electron chi connectivity index (χ3n) is 5.40. The van der Waals surface area contributed by atoms with Gasteiger partial charge < -0.3 is 5.73 Å². The molecule has 0 saturated heterocycles. The smallest absolute Gasteiger partial charge is 0.215 e. The summed E-state index contributed by atoms with van der Waals surface area (Å²) >= 11 is 0. The minimum absolute atomic E-state index is 0.326. The predicted molar refractivity (Wildman–Crippen MR) is 106 cm³/mol. The van der Waals surface area contributed by atoms with E-state index in [1.165, 1.54) is 0 Å². The number of nitrogens with two attached hydrogens (primary N) is 1. The van der Waals surface area contributed by atoms with Crippen LogP contribution in [0, 0.1) is 5.92 Å². The molecule has 0 heterocycles. The second-order valence-corrected chi connectivity index (χ2v) is 9.36. The topological polar surface area (TPSA) is 72.2 Å². The molecule has 0 aliphatic heterocycles. The molecule has 1 aliphatic rings. The predicted octanol–water partition coefficient (Wildman–Crippen LogP) is 3.93. The second kappa shape index (κ2) is 8.33. The van der Waals surface area contributed by atoms with Crippen molar-refractivity contribution >= 4 is 10.0 Å². The maximum absolute atomic E-state index is 13.0. The van der Waals surface area contributed by atoms with E-state index in [2.05, 4.69) is 11.6 Å². The van der Waals surface area contributed by atoms with E-state index in [4.69, 9.17) is 5.73 Å². The molecule has 140 valence electrons. The van der Waals surface area contributed by atoms with Crippen LogP contribution >= 0.6 is 0 Å². The van der Waals surface area contributed by atoms with Gasteiger partial charge in [0.1, 0.15) is 0 Å². The highest BCUT2D eigenvalue weighted by Gasteiger charge is 2.33. The highest BCUT2D eigenvalue weighted by molar-refractivity contribution is 7.90. The van der Waals surface area contributed by atoms with Crippen molar-refractivity contribution in [3.05, 3.63) is 71.8 Å². The molecule has 0 bridgehead atoms. The molecule has 2 atom stereocenters. The summed E-state index contributed by atoms with van der Waals surface area (Å²) in [5.41, 5.74) is 8.31. The lowest BCUT2D eigenvalue weighted by molar-refractivity contribution is 0.377. The van der Waals surface area contributed by atoms with Gasteiger partial charge in [-0.2, -0.15) is 0 Å². The average molecular weight is 373 g/mol. The number of sulfonamides is 1. The van der Waals surface area contributed by atoms with Crippen molar-refractivity contribution in [1.82, 2.24) is 4.72 Å². The van der Waals surface area contributed by atoms with Crippen molar-refractivity contribution in [3.63, 3.8) is 0 Å². The molecule has 3 rings (SSSR count). The summed E-state index contributed by atoms with van der Waals surface area (Å²) in [5, 5.41) is -0.326. The molecule has 4 nitrogen and oxygen atoms in total. The molecule has 26 heavy (non-hydrogen) atoms. The maximum atomic E-state index is 13.0. The van der Waals surface area contributed by atoms with Crippen LogP contribution < -0.4 is 10.5 Å². The van der Waals surface area contributed by atoms with Gasteiger partial charge in [0.15, 0.2) is 0 Å². The van der Waals surface area contributed by atoms with Gasteiger partial charge >= 0.3 is 0 Å². The molecule has 1 fully saturated rings. The van der Waals surface area contributed by atoms with Crippen molar-refractivity contribution in [2.24, 2.45) is 11.7 Å². The number of hydrogen-bond donors (Lipinski definition) is 2. The molecule has 0 unspecified atom stereocenters. The summed E-state index contributed by atoms with van der Waals surface area (Å²) in [6.45, 7) is 2.19. The summed E-state index contributed by atoms with van der Waals surface area (Å²) in [7, 11) is -3.44. The lowest BCUT2D eigenvalue weighted by Crippen LogP contribution is -2.42. The first-order chi connectivity index (χ1) is 12.5. The van der Waals surface area contributed by atoms with Crippen LogP contribution in [0.3, 0.4) is 0 Å². The van der Waals surface area contributed by atoms with E-state index in [1.807, 2.05) is 60.7 Å². The molecular weight excluding hydrogens is 344 g/mol. The quantitative estimate of drug-likeness (QED) is 0.807. The molecule has 5 heteroatoms. The fraction of sp³-hybridized carbons (Fsp3) is 0.429. The summed E-state index contributed by atoms with van der Waals surface area (Å²) < 4.78 is 29.0. The van der Waals surface area contributed by atoms with Crippen molar-refractivity contribution in [1.29, 1.82) is 0 Å². The van der Waals surface area contributed by atoms with Gasteiger partial charge in [0.05, 0.1) is 17.3 Å². The molecule has 0 radical (unpaired) electrons. The molecule has 2 aromatic rings. The van der Waals surface area contributed by atoms with Gasteiger partial charge in [0.25, 0.3) is 0 Å². The minimum atomic E-state index is -3.44. The van der Waals surface area contributed by atoms with Gasteiger partial charge in [-0.25, -0.2) is 13.1 Å².